The zero-order valence-electron chi connectivity index (χ0n) is 16.4. The standard InChI is InChI=1S/C23H20O6S/c1-27-16-21(23(24)28-2)20-13-6-7-14-22(20)29-17-9-8-12-19(15-17)30(25,26)18-10-4-3-5-11-18/h3-16H,1-2H3/b21-16-. The van der Waals surface area contributed by atoms with Gasteiger partial charge in [0.2, 0.25) is 9.84 Å². The molecule has 0 saturated carbocycles. The van der Waals surface area contributed by atoms with Gasteiger partial charge in [0.15, 0.2) is 0 Å². The van der Waals surface area contributed by atoms with Crippen molar-refractivity contribution in [3.05, 3.63) is 90.7 Å². The molecular weight excluding hydrogens is 404 g/mol. The number of esters is 1. The van der Waals surface area contributed by atoms with E-state index in [2.05, 4.69) is 0 Å². The number of para-hydroxylation sites is 1. The first-order chi connectivity index (χ1) is 14.5. The van der Waals surface area contributed by atoms with Gasteiger partial charge < -0.3 is 14.2 Å². The molecule has 0 aromatic heterocycles. The van der Waals surface area contributed by atoms with E-state index in [-0.39, 0.29) is 15.4 Å². The summed E-state index contributed by atoms with van der Waals surface area (Å²) in [6.45, 7) is 0. The van der Waals surface area contributed by atoms with E-state index in [1.165, 1.54) is 44.7 Å². The molecule has 0 aliphatic carbocycles. The summed E-state index contributed by atoms with van der Waals surface area (Å²) in [5.74, 6) is 0.0647. The van der Waals surface area contributed by atoms with Crippen LogP contribution in [0.15, 0.2) is 94.9 Å². The topological polar surface area (TPSA) is 78.9 Å². The van der Waals surface area contributed by atoms with Crippen molar-refractivity contribution in [2.24, 2.45) is 0 Å². The van der Waals surface area contributed by atoms with E-state index >= 15 is 0 Å². The lowest BCUT2D eigenvalue weighted by molar-refractivity contribution is -0.133. The molecule has 0 atom stereocenters. The lowest BCUT2D eigenvalue weighted by Crippen LogP contribution is -2.06. The minimum Gasteiger partial charge on any atom is -0.503 e. The zero-order chi connectivity index (χ0) is 21.6. The molecule has 0 unspecified atom stereocenters. The summed E-state index contributed by atoms with van der Waals surface area (Å²) >= 11 is 0. The molecule has 3 aromatic rings. The van der Waals surface area contributed by atoms with Crippen LogP contribution in [-0.2, 0) is 24.1 Å². The highest BCUT2D eigenvalue weighted by atomic mass is 32.2. The number of methoxy groups -OCH3 is 2. The van der Waals surface area contributed by atoms with E-state index in [4.69, 9.17) is 14.2 Å². The Balaban J connectivity index is 1.99. The molecule has 0 aliphatic heterocycles. The normalized spacial score (nSPS) is 11.6. The highest BCUT2D eigenvalue weighted by Gasteiger charge is 2.20. The molecule has 0 fully saturated rings. The SMILES string of the molecule is CO/C=C(\C(=O)OC)c1ccccc1Oc1cccc(S(=O)(=O)c2ccccc2)c1. The van der Waals surface area contributed by atoms with Crippen LogP contribution in [0.5, 0.6) is 11.5 Å². The molecule has 3 rings (SSSR count). The second kappa shape index (κ2) is 9.28. The quantitative estimate of drug-likeness (QED) is 0.316. The number of benzene rings is 3. The summed E-state index contributed by atoms with van der Waals surface area (Å²) < 4.78 is 41.5. The van der Waals surface area contributed by atoms with Gasteiger partial charge in [-0.2, -0.15) is 0 Å². The number of hydrogen-bond acceptors (Lipinski definition) is 6. The van der Waals surface area contributed by atoms with Gasteiger partial charge in [-0.15, -0.1) is 0 Å². The maximum Gasteiger partial charge on any atom is 0.341 e. The van der Waals surface area contributed by atoms with Crippen LogP contribution in [0.1, 0.15) is 5.56 Å². The lowest BCUT2D eigenvalue weighted by Gasteiger charge is -2.13. The van der Waals surface area contributed by atoms with Crippen LogP contribution < -0.4 is 4.74 Å². The summed E-state index contributed by atoms with van der Waals surface area (Å²) in [5, 5.41) is 0. The number of carbonyl (C=O) groups is 1. The van der Waals surface area contributed by atoms with Gasteiger partial charge in [-0.05, 0) is 36.4 Å². The highest BCUT2D eigenvalue weighted by Crippen LogP contribution is 2.32. The third kappa shape index (κ3) is 4.52. The predicted molar refractivity (Wildman–Crippen MR) is 112 cm³/mol. The fourth-order valence-electron chi connectivity index (χ4n) is 2.80. The van der Waals surface area contributed by atoms with Crippen LogP contribution in [0, 0.1) is 0 Å². The maximum absolute atomic E-state index is 12.9. The largest absolute Gasteiger partial charge is 0.503 e. The van der Waals surface area contributed by atoms with Gasteiger partial charge in [-0.25, -0.2) is 13.2 Å². The maximum atomic E-state index is 12.9. The van der Waals surface area contributed by atoms with Crippen molar-refractivity contribution in [2.75, 3.05) is 14.2 Å². The summed E-state index contributed by atoms with van der Waals surface area (Å²) in [6.07, 6.45) is 1.27. The van der Waals surface area contributed by atoms with Crippen molar-refractivity contribution in [1.82, 2.24) is 0 Å². The van der Waals surface area contributed by atoms with Crippen LogP contribution >= 0.6 is 0 Å². The van der Waals surface area contributed by atoms with Crippen molar-refractivity contribution in [2.45, 2.75) is 9.79 Å². The highest BCUT2D eigenvalue weighted by molar-refractivity contribution is 7.91. The van der Waals surface area contributed by atoms with Gasteiger partial charge in [0, 0.05) is 5.56 Å². The Kier molecular flexibility index (Phi) is 6.54. The molecule has 0 amide bonds. The van der Waals surface area contributed by atoms with Gasteiger partial charge >= 0.3 is 5.97 Å². The number of hydrogen-bond donors (Lipinski definition) is 0. The molecule has 0 bridgehead atoms. The number of rotatable bonds is 7. The summed E-state index contributed by atoms with van der Waals surface area (Å²) in [4.78, 5) is 12.4. The number of ether oxygens (including phenoxy) is 3. The van der Waals surface area contributed by atoms with E-state index in [1.807, 2.05) is 0 Å². The van der Waals surface area contributed by atoms with Crippen molar-refractivity contribution in [1.29, 1.82) is 0 Å². The average molecular weight is 424 g/mol. The molecule has 0 aliphatic rings. The molecule has 0 radical (unpaired) electrons. The first kappa shape index (κ1) is 21.1. The van der Waals surface area contributed by atoms with Crippen LogP contribution in [0.3, 0.4) is 0 Å². The van der Waals surface area contributed by atoms with E-state index in [0.717, 1.165) is 0 Å². The molecule has 30 heavy (non-hydrogen) atoms. The Hall–Kier alpha value is -3.58. The summed E-state index contributed by atoms with van der Waals surface area (Å²) in [6, 6.07) is 21.2. The second-order valence-corrected chi connectivity index (χ2v) is 8.10. The van der Waals surface area contributed by atoms with Crippen molar-refractivity contribution in [3.8, 4) is 11.5 Å². The van der Waals surface area contributed by atoms with Gasteiger partial charge in [-0.1, -0.05) is 42.5 Å². The van der Waals surface area contributed by atoms with Gasteiger partial charge in [0.25, 0.3) is 0 Å². The van der Waals surface area contributed by atoms with E-state index < -0.39 is 15.8 Å². The minimum absolute atomic E-state index is 0.101. The van der Waals surface area contributed by atoms with Crippen LogP contribution in [0.2, 0.25) is 0 Å². The van der Waals surface area contributed by atoms with E-state index in [9.17, 15) is 13.2 Å². The molecule has 3 aromatic carbocycles. The Morgan fingerprint density at radius 1 is 0.833 bits per heavy atom. The van der Waals surface area contributed by atoms with Crippen LogP contribution in [-0.4, -0.2) is 28.6 Å². The first-order valence-electron chi connectivity index (χ1n) is 8.96. The Bertz CT molecular complexity index is 1170. The van der Waals surface area contributed by atoms with Gasteiger partial charge in [0.05, 0.1) is 30.3 Å². The number of carbonyl (C=O) groups excluding carboxylic acids is 1. The third-order valence-corrected chi connectivity index (χ3v) is 5.98. The van der Waals surface area contributed by atoms with E-state index in [0.29, 0.717) is 17.1 Å². The minimum atomic E-state index is -3.69. The fourth-order valence-corrected chi connectivity index (χ4v) is 4.11. The molecule has 0 saturated heterocycles. The van der Waals surface area contributed by atoms with Gasteiger partial charge in [-0.3, -0.25) is 0 Å². The molecule has 0 heterocycles. The average Bonchev–Trinajstić information content (AvgIpc) is 2.78. The van der Waals surface area contributed by atoms with Crippen molar-refractivity contribution >= 4 is 21.4 Å². The fraction of sp³-hybridized carbons (Fsp3) is 0.0870. The molecule has 154 valence electrons. The Labute approximate surface area is 175 Å². The molecule has 0 N–H and O–H groups in total. The predicted octanol–water partition coefficient (Wildman–Crippen LogP) is 4.47. The van der Waals surface area contributed by atoms with Crippen LogP contribution in [0.25, 0.3) is 5.57 Å². The molecule has 6 nitrogen and oxygen atoms in total. The summed E-state index contributed by atoms with van der Waals surface area (Å²) in [7, 11) is -1.000. The van der Waals surface area contributed by atoms with Crippen molar-refractivity contribution in [3.63, 3.8) is 0 Å². The van der Waals surface area contributed by atoms with Gasteiger partial charge in [0.1, 0.15) is 17.1 Å². The summed E-state index contributed by atoms with van der Waals surface area (Å²) in [5.41, 5.74) is 0.617. The first-order valence-corrected chi connectivity index (χ1v) is 10.4. The third-order valence-electron chi connectivity index (χ3n) is 4.22. The zero-order valence-corrected chi connectivity index (χ0v) is 17.3. The van der Waals surface area contributed by atoms with E-state index in [1.54, 1.807) is 54.6 Å². The lowest BCUT2D eigenvalue weighted by atomic mass is 10.1. The Morgan fingerprint density at radius 2 is 1.50 bits per heavy atom. The molecule has 7 heteroatoms. The van der Waals surface area contributed by atoms with Crippen molar-refractivity contribution < 1.29 is 27.4 Å². The number of sulfone groups is 1. The smallest absolute Gasteiger partial charge is 0.341 e. The second-order valence-electron chi connectivity index (χ2n) is 6.15. The monoisotopic (exact) mass is 424 g/mol. The van der Waals surface area contributed by atoms with Crippen LogP contribution in [0.4, 0.5) is 0 Å². The molecular formula is C23H20O6S. The molecule has 0 spiro atoms. The Morgan fingerprint density at radius 3 is 2.20 bits per heavy atom.